The van der Waals surface area contributed by atoms with Crippen LogP contribution < -0.4 is 4.74 Å². The molecular weight excluding hydrogens is 316 g/mol. The summed E-state index contributed by atoms with van der Waals surface area (Å²) < 4.78 is 14.3. The fourth-order valence-corrected chi connectivity index (χ4v) is 4.10. The van der Waals surface area contributed by atoms with Gasteiger partial charge in [0.2, 0.25) is 0 Å². The fraction of sp³-hybridized carbons (Fsp3) is 0.579. The van der Waals surface area contributed by atoms with Crippen LogP contribution in [0, 0.1) is 5.92 Å². The molecule has 2 aliphatic rings. The number of aryl methyl sites for hydroxylation is 1. The molecule has 4 heterocycles. The zero-order valence-electron chi connectivity index (χ0n) is 15.0. The Kier molecular flexibility index (Phi) is 4.48. The van der Waals surface area contributed by atoms with E-state index in [0.29, 0.717) is 18.6 Å². The van der Waals surface area contributed by atoms with Gasteiger partial charge in [-0.25, -0.2) is 0 Å². The first-order chi connectivity index (χ1) is 12.1. The first-order valence-corrected chi connectivity index (χ1v) is 9.01. The van der Waals surface area contributed by atoms with E-state index in [0.717, 1.165) is 38.2 Å². The van der Waals surface area contributed by atoms with Gasteiger partial charge >= 0.3 is 0 Å². The Hall–Kier alpha value is -1.92. The molecule has 0 unspecified atom stereocenters. The molecule has 0 saturated carbocycles. The van der Waals surface area contributed by atoms with Crippen molar-refractivity contribution in [1.29, 1.82) is 0 Å². The Bertz CT molecular complexity index is 704. The number of hydrogen-bond donors (Lipinski definition) is 0. The molecule has 6 nitrogen and oxygen atoms in total. The number of hydrogen-bond acceptors (Lipinski definition) is 5. The Morgan fingerprint density at radius 1 is 1.36 bits per heavy atom. The summed E-state index contributed by atoms with van der Waals surface area (Å²) in [7, 11) is 2.01. The standard InChI is InChI=1S/C19H26N4O2/c1-19(14-24-17-4-3-7-20-11-17)10-15-12-23(9-6-18(15)25-19)13-16-5-8-21-22(16)2/h3-5,7-8,11,15,18H,6,9-10,12-14H2,1-2H3/t15-,18+,19-/m1/s1. The van der Waals surface area contributed by atoms with Crippen LogP contribution in [0.25, 0.3) is 0 Å². The third-order valence-corrected chi connectivity index (χ3v) is 5.36. The molecule has 4 rings (SSSR count). The molecule has 0 aromatic carbocycles. The third-order valence-electron chi connectivity index (χ3n) is 5.36. The van der Waals surface area contributed by atoms with Gasteiger partial charge in [0.15, 0.2) is 0 Å². The minimum atomic E-state index is -0.215. The Morgan fingerprint density at radius 3 is 3.04 bits per heavy atom. The molecule has 0 aliphatic carbocycles. The molecule has 0 N–H and O–H groups in total. The first kappa shape index (κ1) is 16.5. The highest BCUT2D eigenvalue weighted by atomic mass is 16.6. The highest BCUT2D eigenvalue weighted by Gasteiger charge is 2.46. The zero-order chi connectivity index (χ0) is 17.3. The number of pyridine rings is 1. The molecule has 134 valence electrons. The van der Waals surface area contributed by atoms with Gasteiger partial charge < -0.3 is 9.47 Å². The average Bonchev–Trinajstić information content (AvgIpc) is 3.17. The van der Waals surface area contributed by atoms with Crippen LogP contribution in [-0.2, 0) is 18.3 Å². The number of piperidine rings is 1. The molecule has 2 aromatic rings. The van der Waals surface area contributed by atoms with Gasteiger partial charge in [-0.1, -0.05) is 0 Å². The molecule has 2 aliphatic heterocycles. The van der Waals surface area contributed by atoms with Gasteiger partial charge in [-0.05, 0) is 38.0 Å². The Labute approximate surface area is 148 Å². The quantitative estimate of drug-likeness (QED) is 0.834. The minimum Gasteiger partial charge on any atom is -0.489 e. The van der Waals surface area contributed by atoms with Gasteiger partial charge in [-0.2, -0.15) is 5.10 Å². The van der Waals surface area contributed by atoms with Crippen LogP contribution in [0.5, 0.6) is 5.75 Å². The van der Waals surface area contributed by atoms with Crippen molar-refractivity contribution in [2.45, 2.75) is 38.0 Å². The van der Waals surface area contributed by atoms with Crippen molar-refractivity contribution in [1.82, 2.24) is 19.7 Å². The van der Waals surface area contributed by atoms with Gasteiger partial charge in [-0.3, -0.25) is 14.6 Å². The Balaban J connectivity index is 1.34. The molecule has 3 atom stereocenters. The second kappa shape index (κ2) is 6.77. The minimum absolute atomic E-state index is 0.215. The molecule has 25 heavy (non-hydrogen) atoms. The monoisotopic (exact) mass is 342 g/mol. The van der Waals surface area contributed by atoms with E-state index >= 15 is 0 Å². The lowest BCUT2D eigenvalue weighted by molar-refractivity contribution is -0.0699. The highest BCUT2D eigenvalue weighted by Crippen LogP contribution is 2.39. The normalized spacial score (nSPS) is 29.5. The zero-order valence-corrected chi connectivity index (χ0v) is 15.0. The maximum Gasteiger partial charge on any atom is 0.137 e. The van der Waals surface area contributed by atoms with Gasteiger partial charge in [0.05, 0.1) is 18.0 Å². The van der Waals surface area contributed by atoms with E-state index in [1.165, 1.54) is 5.69 Å². The number of nitrogens with zero attached hydrogens (tertiary/aromatic N) is 4. The van der Waals surface area contributed by atoms with Gasteiger partial charge in [0, 0.05) is 45.0 Å². The number of rotatable bonds is 5. The summed E-state index contributed by atoms with van der Waals surface area (Å²) in [5, 5.41) is 4.27. The van der Waals surface area contributed by atoms with Gasteiger partial charge in [-0.15, -0.1) is 0 Å². The van der Waals surface area contributed by atoms with E-state index in [4.69, 9.17) is 9.47 Å². The predicted octanol–water partition coefficient (Wildman–Crippen LogP) is 2.26. The van der Waals surface area contributed by atoms with Crippen molar-refractivity contribution in [3.63, 3.8) is 0 Å². The van der Waals surface area contributed by atoms with E-state index < -0.39 is 0 Å². The maximum absolute atomic E-state index is 6.39. The lowest BCUT2D eigenvalue weighted by Crippen LogP contribution is -2.41. The van der Waals surface area contributed by atoms with Crippen LogP contribution in [0.3, 0.4) is 0 Å². The number of likely N-dealkylation sites (tertiary alicyclic amines) is 1. The van der Waals surface area contributed by atoms with Crippen molar-refractivity contribution >= 4 is 0 Å². The summed E-state index contributed by atoms with van der Waals surface area (Å²) in [6.07, 6.45) is 7.86. The van der Waals surface area contributed by atoms with E-state index in [9.17, 15) is 0 Å². The molecule has 2 aromatic heterocycles. The second-order valence-corrected chi connectivity index (χ2v) is 7.52. The fourth-order valence-electron chi connectivity index (χ4n) is 4.10. The molecule has 6 heteroatoms. The topological polar surface area (TPSA) is 52.4 Å². The van der Waals surface area contributed by atoms with Crippen molar-refractivity contribution in [3.05, 3.63) is 42.5 Å². The highest BCUT2D eigenvalue weighted by molar-refractivity contribution is 5.15. The smallest absolute Gasteiger partial charge is 0.137 e. The maximum atomic E-state index is 6.39. The van der Waals surface area contributed by atoms with Gasteiger partial charge in [0.1, 0.15) is 18.0 Å². The van der Waals surface area contributed by atoms with Crippen molar-refractivity contribution in [2.24, 2.45) is 13.0 Å². The van der Waals surface area contributed by atoms with E-state index in [1.54, 1.807) is 12.4 Å². The van der Waals surface area contributed by atoms with Crippen LogP contribution in [0.2, 0.25) is 0 Å². The largest absolute Gasteiger partial charge is 0.489 e. The molecule has 0 spiro atoms. The lowest BCUT2D eigenvalue weighted by Gasteiger charge is -2.33. The van der Waals surface area contributed by atoms with Crippen LogP contribution in [0.15, 0.2) is 36.8 Å². The number of ether oxygens (including phenoxy) is 2. The second-order valence-electron chi connectivity index (χ2n) is 7.52. The van der Waals surface area contributed by atoms with E-state index in [1.807, 2.05) is 30.1 Å². The first-order valence-electron chi connectivity index (χ1n) is 9.01. The molecule has 2 fully saturated rings. The van der Waals surface area contributed by atoms with Gasteiger partial charge in [0.25, 0.3) is 0 Å². The summed E-state index contributed by atoms with van der Waals surface area (Å²) in [6, 6.07) is 5.93. The molecule has 0 bridgehead atoms. The summed E-state index contributed by atoms with van der Waals surface area (Å²) >= 11 is 0. The van der Waals surface area contributed by atoms with Crippen molar-refractivity contribution in [2.75, 3.05) is 19.7 Å². The SMILES string of the molecule is Cn1nccc1CN1CC[C@@H]2O[C@@](C)(COc3cccnc3)C[C@@H]2C1. The summed E-state index contributed by atoms with van der Waals surface area (Å²) in [5.74, 6) is 1.38. The third kappa shape index (κ3) is 3.70. The van der Waals surface area contributed by atoms with Crippen LogP contribution in [-0.4, -0.2) is 51.1 Å². The van der Waals surface area contributed by atoms with E-state index in [-0.39, 0.29) is 5.60 Å². The number of aromatic nitrogens is 3. The molecule has 0 amide bonds. The Morgan fingerprint density at radius 2 is 2.28 bits per heavy atom. The van der Waals surface area contributed by atoms with Crippen molar-refractivity contribution < 1.29 is 9.47 Å². The predicted molar refractivity (Wildman–Crippen MR) is 94.2 cm³/mol. The van der Waals surface area contributed by atoms with Crippen molar-refractivity contribution in [3.8, 4) is 5.75 Å². The molecular formula is C19H26N4O2. The summed E-state index contributed by atoms with van der Waals surface area (Å²) in [5.41, 5.74) is 1.05. The summed E-state index contributed by atoms with van der Waals surface area (Å²) in [6.45, 7) is 5.87. The van der Waals surface area contributed by atoms with E-state index in [2.05, 4.69) is 28.0 Å². The lowest BCUT2D eigenvalue weighted by atomic mass is 9.89. The average molecular weight is 342 g/mol. The summed E-state index contributed by atoms with van der Waals surface area (Å²) in [4.78, 5) is 6.62. The van der Waals surface area contributed by atoms with Crippen LogP contribution >= 0.6 is 0 Å². The molecule has 2 saturated heterocycles. The van der Waals surface area contributed by atoms with Crippen LogP contribution in [0.4, 0.5) is 0 Å². The molecule has 0 radical (unpaired) electrons. The van der Waals surface area contributed by atoms with Crippen LogP contribution in [0.1, 0.15) is 25.5 Å². The number of fused-ring (bicyclic) bond motifs is 1.